The lowest BCUT2D eigenvalue weighted by Crippen LogP contribution is -2.53. The summed E-state index contributed by atoms with van der Waals surface area (Å²) in [6.07, 6.45) is 7.30. The zero-order valence-corrected chi connectivity index (χ0v) is 17.2. The summed E-state index contributed by atoms with van der Waals surface area (Å²) in [4.78, 5) is 35.1. The Hall–Kier alpha value is -2.64. The number of nitro benzene ring substituents is 1. The van der Waals surface area contributed by atoms with Crippen molar-refractivity contribution in [3.05, 3.63) is 34.4 Å². The van der Waals surface area contributed by atoms with Gasteiger partial charge in [-0.05, 0) is 68.4 Å². The topological polar surface area (TPSA) is 113 Å². The van der Waals surface area contributed by atoms with Crippen molar-refractivity contribution in [1.82, 2.24) is 10.6 Å². The van der Waals surface area contributed by atoms with Crippen LogP contribution in [0.4, 0.5) is 11.4 Å². The average molecular weight is 415 g/mol. The van der Waals surface area contributed by atoms with Crippen molar-refractivity contribution in [1.29, 1.82) is 0 Å². The molecule has 4 aliphatic carbocycles. The maximum absolute atomic E-state index is 12.9. The van der Waals surface area contributed by atoms with Crippen molar-refractivity contribution in [2.24, 2.45) is 23.2 Å². The fraction of sp³-hybridized carbons (Fsp3) is 0.636. The molecule has 5 rings (SSSR count). The molecular formula is C22H30N4O4. The fourth-order valence-corrected chi connectivity index (χ4v) is 6.06. The van der Waals surface area contributed by atoms with Crippen LogP contribution < -0.4 is 16.0 Å². The molecule has 0 aromatic heterocycles. The fourth-order valence-electron chi connectivity index (χ4n) is 6.06. The maximum Gasteiger partial charge on any atom is 0.269 e. The Morgan fingerprint density at radius 1 is 0.933 bits per heavy atom. The van der Waals surface area contributed by atoms with Crippen molar-refractivity contribution < 1.29 is 14.5 Å². The first kappa shape index (κ1) is 20.6. The van der Waals surface area contributed by atoms with Crippen molar-refractivity contribution in [3.8, 4) is 0 Å². The first-order valence-electron chi connectivity index (χ1n) is 11.0. The van der Waals surface area contributed by atoms with Crippen LogP contribution in [0.3, 0.4) is 0 Å². The normalized spacial score (nSPS) is 28.7. The van der Waals surface area contributed by atoms with Gasteiger partial charge in [-0.2, -0.15) is 0 Å². The van der Waals surface area contributed by atoms with E-state index in [1.54, 1.807) is 12.1 Å². The molecule has 0 unspecified atom stereocenters. The lowest BCUT2D eigenvalue weighted by molar-refractivity contribution is -0.384. The predicted molar refractivity (Wildman–Crippen MR) is 113 cm³/mol. The zero-order chi connectivity index (χ0) is 21.1. The van der Waals surface area contributed by atoms with Crippen molar-refractivity contribution in [3.63, 3.8) is 0 Å². The zero-order valence-electron chi connectivity index (χ0n) is 17.2. The van der Waals surface area contributed by atoms with Gasteiger partial charge in [0, 0.05) is 49.3 Å². The third kappa shape index (κ3) is 4.57. The second-order valence-electron chi connectivity index (χ2n) is 9.28. The summed E-state index contributed by atoms with van der Waals surface area (Å²) in [5, 5.41) is 19.6. The van der Waals surface area contributed by atoms with Crippen LogP contribution in [0.25, 0.3) is 0 Å². The van der Waals surface area contributed by atoms with Crippen LogP contribution in [-0.4, -0.2) is 36.4 Å². The second-order valence-corrected chi connectivity index (χ2v) is 9.28. The minimum Gasteiger partial charge on any atom is -0.383 e. The summed E-state index contributed by atoms with van der Waals surface area (Å²) in [6.45, 7) is 1.34. The molecule has 30 heavy (non-hydrogen) atoms. The van der Waals surface area contributed by atoms with E-state index in [9.17, 15) is 19.7 Å². The van der Waals surface area contributed by atoms with Gasteiger partial charge in [0.25, 0.3) is 5.69 Å². The highest BCUT2D eigenvalue weighted by atomic mass is 16.6. The van der Waals surface area contributed by atoms with Gasteiger partial charge in [0.2, 0.25) is 11.8 Å². The van der Waals surface area contributed by atoms with E-state index in [-0.39, 0.29) is 29.3 Å². The molecule has 0 spiro atoms. The minimum atomic E-state index is -0.439. The summed E-state index contributed by atoms with van der Waals surface area (Å²) >= 11 is 0. The van der Waals surface area contributed by atoms with Gasteiger partial charge < -0.3 is 16.0 Å². The van der Waals surface area contributed by atoms with Crippen molar-refractivity contribution in [2.75, 3.05) is 25.0 Å². The number of nitrogens with one attached hydrogen (secondary N) is 3. The van der Waals surface area contributed by atoms with Gasteiger partial charge in [0.15, 0.2) is 0 Å². The van der Waals surface area contributed by atoms with Gasteiger partial charge >= 0.3 is 0 Å². The predicted octanol–water partition coefficient (Wildman–Crippen LogP) is 2.85. The molecule has 162 valence electrons. The highest BCUT2D eigenvalue weighted by Crippen LogP contribution is 2.60. The summed E-state index contributed by atoms with van der Waals surface area (Å²) in [5.74, 6) is 2.26. The molecule has 2 amide bonds. The third-order valence-corrected chi connectivity index (χ3v) is 7.01. The lowest BCUT2D eigenvalue weighted by Gasteiger charge is -2.55. The lowest BCUT2D eigenvalue weighted by atomic mass is 9.49. The molecule has 8 heteroatoms. The largest absolute Gasteiger partial charge is 0.383 e. The maximum atomic E-state index is 12.9. The number of carbonyl (C=O) groups is 2. The number of hydrogen-bond acceptors (Lipinski definition) is 5. The Morgan fingerprint density at radius 2 is 1.53 bits per heavy atom. The average Bonchev–Trinajstić information content (AvgIpc) is 2.70. The quantitative estimate of drug-likeness (QED) is 0.327. The van der Waals surface area contributed by atoms with Gasteiger partial charge in [-0.25, -0.2) is 0 Å². The number of benzene rings is 1. The molecule has 3 N–H and O–H groups in total. The molecule has 4 saturated carbocycles. The molecule has 1 aromatic carbocycles. The molecule has 8 nitrogen and oxygen atoms in total. The van der Waals surface area contributed by atoms with E-state index in [4.69, 9.17) is 0 Å². The number of anilines is 1. The molecule has 4 aliphatic rings. The molecule has 4 fully saturated rings. The summed E-state index contributed by atoms with van der Waals surface area (Å²) in [5.41, 5.74) is 0.641. The van der Waals surface area contributed by atoms with E-state index in [0.717, 1.165) is 42.7 Å². The smallest absolute Gasteiger partial charge is 0.269 e. The van der Waals surface area contributed by atoms with Crippen LogP contribution in [0.1, 0.15) is 44.9 Å². The Morgan fingerprint density at radius 3 is 2.10 bits per heavy atom. The van der Waals surface area contributed by atoms with E-state index in [1.165, 1.54) is 31.4 Å². The van der Waals surface area contributed by atoms with E-state index < -0.39 is 4.92 Å². The highest BCUT2D eigenvalue weighted by Gasteiger charge is 2.54. The van der Waals surface area contributed by atoms with Crippen LogP contribution in [0.2, 0.25) is 0 Å². The number of hydrogen-bond donors (Lipinski definition) is 3. The summed E-state index contributed by atoms with van der Waals surface area (Å²) < 4.78 is 0. The molecule has 0 heterocycles. The SMILES string of the molecule is O=C(CCNC(=O)C12CC3CC(CC(C3)C1)C2)NCCNc1ccc([N+](=O)[O-])cc1. The third-order valence-electron chi connectivity index (χ3n) is 7.01. The van der Waals surface area contributed by atoms with Gasteiger partial charge in [0.1, 0.15) is 0 Å². The summed E-state index contributed by atoms with van der Waals surface area (Å²) in [7, 11) is 0. The number of nitrogens with zero attached hydrogens (tertiary/aromatic N) is 1. The van der Waals surface area contributed by atoms with E-state index in [0.29, 0.717) is 19.6 Å². The van der Waals surface area contributed by atoms with Crippen molar-refractivity contribution >= 4 is 23.2 Å². The monoisotopic (exact) mass is 414 g/mol. The molecular weight excluding hydrogens is 384 g/mol. The van der Waals surface area contributed by atoms with Gasteiger partial charge in [-0.1, -0.05) is 0 Å². The first-order valence-corrected chi connectivity index (χ1v) is 11.0. The van der Waals surface area contributed by atoms with Crippen molar-refractivity contribution in [2.45, 2.75) is 44.9 Å². The number of amides is 2. The van der Waals surface area contributed by atoms with Gasteiger partial charge in [-0.15, -0.1) is 0 Å². The van der Waals surface area contributed by atoms with Crippen LogP contribution in [0.15, 0.2) is 24.3 Å². The standard InChI is InChI=1S/C22H30N4O4/c27-20(24-8-7-23-18-1-3-19(4-2-18)26(29)30)5-6-25-21(28)22-12-15-9-16(13-22)11-17(10-15)14-22/h1-4,15-17,23H,5-14H2,(H,24,27)(H,25,28). The van der Waals surface area contributed by atoms with E-state index >= 15 is 0 Å². The van der Waals surface area contributed by atoms with E-state index in [2.05, 4.69) is 16.0 Å². The number of carbonyl (C=O) groups excluding carboxylic acids is 2. The molecule has 0 radical (unpaired) electrons. The van der Waals surface area contributed by atoms with Gasteiger partial charge in [-0.3, -0.25) is 19.7 Å². The molecule has 0 aliphatic heterocycles. The molecule has 0 atom stereocenters. The van der Waals surface area contributed by atoms with Crippen LogP contribution in [-0.2, 0) is 9.59 Å². The first-order chi connectivity index (χ1) is 14.4. The molecule has 0 saturated heterocycles. The Kier molecular flexibility index (Phi) is 5.92. The highest BCUT2D eigenvalue weighted by molar-refractivity contribution is 5.84. The Labute approximate surface area is 176 Å². The Balaban J connectivity index is 1.12. The van der Waals surface area contributed by atoms with Crippen LogP contribution in [0, 0.1) is 33.3 Å². The molecule has 1 aromatic rings. The van der Waals surface area contributed by atoms with Crippen LogP contribution in [0.5, 0.6) is 0 Å². The van der Waals surface area contributed by atoms with Crippen LogP contribution >= 0.6 is 0 Å². The minimum absolute atomic E-state index is 0.0458. The second kappa shape index (κ2) is 8.62. The number of nitro groups is 1. The Bertz CT molecular complexity index is 773. The molecule has 4 bridgehead atoms. The number of rotatable bonds is 9. The van der Waals surface area contributed by atoms with Gasteiger partial charge in [0.05, 0.1) is 4.92 Å². The number of non-ortho nitro benzene ring substituents is 1. The summed E-state index contributed by atoms with van der Waals surface area (Å²) in [6, 6.07) is 6.15. The van der Waals surface area contributed by atoms with E-state index in [1.807, 2.05) is 0 Å².